The topological polar surface area (TPSA) is 105 Å². The summed E-state index contributed by atoms with van der Waals surface area (Å²) in [4.78, 5) is 50.8. The molecule has 31 heavy (non-hydrogen) atoms. The van der Waals surface area contributed by atoms with E-state index in [9.17, 15) is 19.2 Å². The molecule has 8 heteroatoms. The van der Waals surface area contributed by atoms with Crippen LogP contribution in [-0.4, -0.2) is 41.9 Å². The lowest BCUT2D eigenvalue weighted by Gasteiger charge is -2.33. The van der Waals surface area contributed by atoms with Gasteiger partial charge in [-0.05, 0) is 55.0 Å². The number of carbonyl (C=O) groups excluding carboxylic acids is 4. The van der Waals surface area contributed by atoms with Crippen molar-refractivity contribution in [1.82, 2.24) is 10.2 Å². The van der Waals surface area contributed by atoms with Gasteiger partial charge in [-0.3, -0.25) is 19.3 Å². The van der Waals surface area contributed by atoms with Gasteiger partial charge in [-0.15, -0.1) is 0 Å². The van der Waals surface area contributed by atoms with Crippen LogP contribution in [0, 0.1) is 6.92 Å². The highest BCUT2D eigenvalue weighted by Gasteiger charge is 2.54. The number of fused-ring (bicyclic) bond motifs is 2. The average molecular weight is 421 g/mol. The van der Waals surface area contributed by atoms with Crippen molar-refractivity contribution in [3.05, 3.63) is 65.2 Å². The first-order chi connectivity index (χ1) is 14.9. The summed E-state index contributed by atoms with van der Waals surface area (Å²) in [5.74, 6) is -1.80. The maximum atomic E-state index is 13.2. The zero-order valence-corrected chi connectivity index (χ0v) is 17.1. The molecule has 2 aromatic carbocycles. The van der Waals surface area contributed by atoms with Crippen LogP contribution in [0.2, 0.25) is 0 Å². The van der Waals surface area contributed by atoms with E-state index in [2.05, 4.69) is 10.6 Å². The van der Waals surface area contributed by atoms with Gasteiger partial charge in [0.1, 0.15) is 12.1 Å². The molecule has 0 aromatic heterocycles. The van der Waals surface area contributed by atoms with Crippen LogP contribution >= 0.6 is 0 Å². The number of anilines is 1. The van der Waals surface area contributed by atoms with Crippen LogP contribution in [0.5, 0.6) is 0 Å². The molecule has 1 aliphatic heterocycles. The predicted octanol–water partition coefficient (Wildman–Crippen LogP) is 2.26. The Kier molecular flexibility index (Phi) is 5.46. The van der Waals surface area contributed by atoms with Gasteiger partial charge in [0.25, 0.3) is 11.8 Å². The van der Waals surface area contributed by atoms with E-state index in [1.807, 2.05) is 37.3 Å². The molecule has 0 radical (unpaired) electrons. The first kappa shape index (κ1) is 20.6. The van der Waals surface area contributed by atoms with Crippen molar-refractivity contribution in [2.75, 3.05) is 18.5 Å². The van der Waals surface area contributed by atoms with Crippen molar-refractivity contribution in [1.29, 1.82) is 0 Å². The van der Waals surface area contributed by atoms with Gasteiger partial charge < -0.3 is 15.4 Å². The second-order valence-corrected chi connectivity index (χ2v) is 7.82. The Morgan fingerprint density at radius 1 is 1.16 bits per heavy atom. The quantitative estimate of drug-likeness (QED) is 0.569. The number of ether oxygens (including phenoxy) is 1. The summed E-state index contributed by atoms with van der Waals surface area (Å²) in [6.45, 7) is 0.835. The minimum absolute atomic E-state index is 0.467. The molecule has 1 fully saturated rings. The van der Waals surface area contributed by atoms with Gasteiger partial charge in [-0.25, -0.2) is 4.79 Å². The molecule has 0 saturated carbocycles. The second kappa shape index (κ2) is 8.22. The summed E-state index contributed by atoms with van der Waals surface area (Å²) in [7, 11) is 0. The molecular formula is C23H23N3O5. The number of hydrogen-bond acceptors (Lipinski definition) is 5. The van der Waals surface area contributed by atoms with Crippen molar-refractivity contribution in [3.63, 3.8) is 0 Å². The molecule has 1 spiro atoms. The molecule has 0 bridgehead atoms. The van der Waals surface area contributed by atoms with Gasteiger partial charge in [0.15, 0.2) is 6.61 Å². The zero-order valence-electron chi connectivity index (χ0n) is 17.1. The minimum atomic E-state index is -1.14. The lowest BCUT2D eigenvalue weighted by Crippen LogP contribution is -2.46. The Bertz CT molecular complexity index is 1070. The van der Waals surface area contributed by atoms with Crippen LogP contribution in [-0.2, 0) is 31.1 Å². The number of hydrogen-bond donors (Lipinski definition) is 2. The third-order valence-corrected chi connectivity index (χ3v) is 5.60. The monoisotopic (exact) mass is 421 g/mol. The van der Waals surface area contributed by atoms with Gasteiger partial charge in [0, 0.05) is 5.69 Å². The summed E-state index contributed by atoms with van der Waals surface area (Å²) in [5.41, 5.74) is 2.21. The van der Waals surface area contributed by atoms with E-state index in [4.69, 9.17) is 4.74 Å². The normalized spacial score (nSPS) is 19.7. The van der Waals surface area contributed by atoms with E-state index in [0.29, 0.717) is 12.1 Å². The average Bonchev–Trinajstić information content (AvgIpc) is 2.97. The summed E-state index contributed by atoms with van der Waals surface area (Å²) >= 11 is 0. The molecule has 1 aliphatic carbocycles. The van der Waals surface area contributed by atoms with Crippen LogP contribution in [0.4, 0.5) is 10.5 Å². The van der Waals surface area contributed by atoms with E-state index < -0.39 is 42.5 Å². The molecule has 4 amide bonds. The first-order valence-corrected chi connectivity index (χ1v) is 10.1. The summed E-state index contributed by atoms with van der Waals surface area (Å²) in [6.07, 6.45) is 2.05. The van der Waals surface area contributed by atoms with Crippen LogP contribution in [0.1, 0.15) is 29.5 Å². The van der Waals surface area contributed by atoms with Crippen LogP contribution in [0.25, 0.3) is 0 Å². The molecule has 160 valence electrons. The fraction of sp³-hybridized carbons (Fsp3) is 0.304. The number of benzene rings is 2. The molecule has 2 aromatic rings. The number of carbonyl (C=O) groups is 4. The number of rotatable bonds is 5. The molecule has 2 N–H and O–H groups in total. The number of aryl methyl sites for hydroxylation is 2. The third kappa shape index (κ3) is 4.01. The van der Waals surface area contributed by atoms with Crippen LogP contribution in [0.15, 0.2) is 48.5 Å². The number of urea groups is 1. The van der Waals surface area contributed by atoms with E-state index >= 15 is 0 Å². The Morgan fingerprint density at radius 2 is 1.97 bits per heavy atom. The molecule has 1 heterocycles. The second-order valence-electron chi connectivity index (χ2n) is 7.82. The smallest absolute Gasteiger partial charge is 0.326 e. The molecule has 0 unspecified atom stereocenters. The fourth-order valence-corrected chi connectivity index (χ4v) is 4.20. The van der Waals surface area contributed by atoms with Crippen molar-refractivity contribution in [2.24, 2.45) is 0 Å². The number of esters is 1. The summed E-state index contributed by atoms with van der Waals surface area (Å²) in [5, 5.41) is 5.41. The highest BCUT2D eigenvalue weighted by Crippen LogP contribution is 2.39. The van der Waals surface area contributed by atoms with E-state index in [0.717, 1.165) is 34.4 Å². The maximum absolute atomic E-state index is 13.2. The SMILES string of the molecule is Cc1cccc(NC(=O)COC(=O)CN2C(=O)N[C@]3(CCCc4ccccc43)C2=O)c1. The van der Waals surface area contributed by atoms with Gasteiger partial charge in [-0.1, -0.05) is 36.4 Å². The van der Waals surface area contributed by atoms with Gasteiger partial charge in [0.05, 0.1) is 0 Å². The fourth-order valence-electron chi connectivity index (χ4n) is 4.20. The van der Waals surface area contributed by atoms with Crippen molar-refractivity contribution < 1.29 is 23.9 Å². The first-order valence-electron chi connectivity index (χ1n) is 10.1. The Balaban J connectivity index is 1.37. The van der Waals surface area contributed by atoms with Crippen molar-refractivity contribution in [3.8, 4) is 0 Å². The Morgan fingerprint density at radius 3 is 2.77 bits per heavy atom. The standard InChI is InChI=1S/C23H23N3O5/c1-15-6-4-9-17(12-15)24-19(27)14-31-20(28)13-26-21(29)23(25-22(26)30)11-5-8-16-7-2-3-10-18(16)23/h2-4,6-7,9-10,12H,5,8,11,13-14H2,1H3,(H,24,27)(H,25,30)/t23-/m0/s1. The summed E-state index contributed by atoms with van der Waals surface area (Å²) < 4.78 is 4.99. The zero-order chi connectivity index (χ0) is 22.0. The van der Waals surface area contributed by atoms with Gasteiger partial charge in [0.2, 0.25) is 0 Å². The van der Waals surface area contributed by atoms with E-state index in [-0.39, 0.29) is 0 Å². The summed E-state index contributed by atoms with van der Waals surface area (Å²) in [6, 6.07) is 14.1. The number of imide groups is 1. The molecule has 2 aliphatic rings. The van der Waals surface area contributed by atoms with Crippen molar-refractivity contribution >= 4 is 29.5 Å². The number of amides is 4. The predicted molar refractivity (Wildman–Crippen MR) is 112 cm³/mol. The van der Waals surface area contributed by atoms with Crippen LogP contribution in [0.3, 0.4) is 0 Å². The largest absolute Gasteiger partial charge is 0.454 e. The highest BCUT2D eigenvalue weighted by atomic mass is 16.5. The maximum Gasteiger partial charge on any atom is 0.326 e. The minimum Gasteiger partial charge on any atom is -0.454 e. The van der Waals surface area contributed by atoms with Gasteiger partial charge >= 0.3 is 12.0 Å². The lowest BCUT2D eigenvalue weighted by molar-refractivity contribution is -0.150. The molecule has 1 saturated heterocycles. The number of nitrogens with zero attached hydrogens (tertiary/aromatic N) is 1. The lowest BCUT2D eigenvalue weighted by atomic mass is 9.76. The van der Waals surface area contributed by atoms with Gasteiger partial charge in [-0.2, -0.15) is 0 Å². The third-order valence-electron chi connectivity index (χ3n) is 5.60. The van der Waals surface area contributed by atoms with E-state index in [1.54, 1.807) is 18.2 Å². The van der Waals surface area contributed by atoms with Crippen LogP contribution < -0.4 is 10.6 Å². The molecule has 1 atom stereocenters. The molecule has 4 rings (SSSR count). The number of nitrogens with one attached hydrogen (secondary N) is 2. The molecular weight excluding hydrogens is 398 g/mol. The Hall–Kier alpha value is -3.68. The van der Waals surface area contributed by atoms with Crippen molar-refractivity contribution in [2.45, 2.75) is 31.7 Å². The Labute approximate surface area is 179 Å². The van der Waals surface area contributed by atoms with E-state index in [1.165, 1.54) is 0 Å². The highest BCUT2D eigenvalue weighted by molar-refractivity contribution is 6.09. The molecule has 8 nitrogen and oxygen atoms in total.